The van der Waals surface area contributed by atoms with Gasteiger partial charge in [-0.3, -0.25) is 0 Å². The van der Waals surface area contributed by atoms with Crippen LogP contribution in [0.1, 0.15) is 37.8 Å². The van der Waals surface area contributed by atoms with Gasteiger partial charge >= 0.3 is 6.18 Å². The Bertz CT molecular complexity index is 438. The van der Waals surface area contributed by atoms with E-state index in [1.165, 1.54) is 24.2 Å². The molecular weight excluding hydrogens is 344 g/mol. The maximum atomic E-state index is 12.7. The number of hydrogen-bond acceptors (Lipinski definition) is 3. The number of hydrogen-bond donors (Lipinski definition) is 1. The lowest BCUT2D eigenvalue weighted by molar-refractivity contribution is -0.141. The summed E-state index contributed by atoms with van der Waals surface area (Å²) in [6, 6.07) is 2.48. The standard InChI is InChI=1S/C13H17F3N2S.2ClH/c1-17-10-7-8-11(13(14,15)16)18-12(10)19-9-5-3-2-4-6-9;;/h7-9,17H,2-6H2,1H3;2*1H. The number of nitrogens with zero attached hydrogens (tertiary/aromatic N) is 1. The van der Waals surface area contributed by atoms with Crippen LogP contribution in [0, 0.1) is 0 Å². The van der Waals surface area contributed by atoms with Crippen molar-refractivity contribution in [3.63, 3.8) is 0 Å². The van der Waals surface area contributed by atoms with E-state index < -0.39 is 11.9 Å². The Hall–Kier alpha value is -0.330. The Labute approximate surface area is 139 Å². The zero-order chi connectivity index (χ0) is 13.9. The van der Waals surface area contributed by atoms with Crippen LogP contribution in [0.15, 0.2) is 17.2 Å². The van der Waals surface area contributed by atoms with E-state index in [0.717, 1.165) is 31.7 Å². The maximum Gasteiger partial charge on any atom is 0.433 e. The first-order chi connectivity index (χ1) is 9.00. The van der Waals surface area contributed by atoms with Crippen molar-refractivity contribution in [3.8, 4) is 0 Å². The SMILES string of the molecule is CNc1ccc(C(F)(F)F)nc1SC1CCCCC1.Cl.Cl. The number of thioether (sulfide) groups is 1. The summed E-state index contributed by atoms with van der Waals surface area (Å²) in [6.45, 7) is 0. The van der Waals surface area contributed by atoms with E-state index in [2.05, 4.69) is 10.3 Å². The van der Waals surface area contributed by atoms with Crippen molar-refractivity contribution in [1.29, 1.82) is 0 Å². The minimum Gasteiger partial charge on any atom is -0.386 e. The first kappa shape index (κ1) is 20.7. The van der Waals surface area contributed by atoms with Crippen LogP contribution in [-0.4, -0.2) is 17.3 Å². The normalized spacial score (nSPS) is 15.8. The fourth-order valence-electron chi connectivity index (χ4n) is 2.22. The number of anilines is 1. The molecule has 1 saturated carbocycles. The lowest BCUT2D eigenvalue weighted by Gasteiger charge is -2.22. The zero-order valence-electron chi connectivity index (χ0n) is 11.6. The minimum absolute atomic E-state index is 0. The molecule has 1 aliphatic carbocycles. The van der Waals surface area contributed by atoms with Gasteiger partial charge in [0, 0.05) is 12.3 Å². The molecule has 1 fully saturated rings. The summed E-state index contributed by atoms with van der Waals surface area (Å²) in [5.74, 6) is 0. The molecule has 0 atom stereocenters. The predicted octanol–water partition coefficient (Wildman–Crippen LogP) is 5.41. The van der Waals surface area contributed by atoms with Crippen molar-refractivity contribution >= 4 is 42.3 Å². The number of halogens is 5. The third kappa shape index (κ3) is 5.75. The second-order valence-corrected chi connectivity index (χ2v) is 5.96. The zero-order valence-corrected chi connectivity index (χ0v) is 14.0. The van der Waals surface area contributed by atoms with E-state index in [-0.39, 0.29) is 24.8 Å². The second-order valence-electron chi connectivity index (χ2n) is 4.67. The Morgan fingerprint density at radius 1 is 1.14 bits per heavy atom. The van der Waals surface area contributed by atoms with Gasteiger partial charge in [-0.05, 0) is 25.0 Å². The molecule has 0 aromatic carbocycles. The molecule has 2 nitrogen and oxygen atoms in total. The highest BCUT2D eigenvalue weighted by Gasteiger charge is 2.33. The summed E-state index contributed by atoms with van der Waals surface area (Å²) >= 11 is 1.47. The molecule has 0 saturated heterocycles. The third-order valence-corrected chi connectivity index (χ3v) is 4.59. The van der Waals surface area contributed by atoms with Gasteiger partial charge in [0.1, 0.15) is 10.7 Å². The van der Waals surface area contributed by atoms with Gasteiger partial charge < -0.3 is 5.32 Å². The van der Waals surface area contributed by atoms with Crippen LogP contribution < -0.4 is 5.32 Å². The predicted molar refractivity (Wildman–Crippen MR) is 86.0 cm³/mol. The smallest absolute Gasteiger partial charge is 0.386 e. The van der Waals surface area contributed by atoms with Gasteiger partial charge in [-0.1, -0.05) is 19.3 Å². The van der Waals surface area contributed by atoms with Gasteiger partial charge in [0.15, 0.2) is 0 Å². The molecule has 8 heteroatoms. The average Bonchev–Trinajstić information content (AvgIpc) is 2.39. The van der Waals surface area contributed by atoms with Crippen molar-refractivity contribution in [1.82, 2.24) is 4.98 Å². The number of alkyl halides is 3. The molecule has 0 radical (unpaired) electrons. The van der Waals surface area contributed by atoms with Gasteiger partial charge in [0.05, 0.1) is 5.69 Å². The third-order valence-electron chi connectivity index (χ3n) is 3.25. The van der Waals surface area contributed by atoms with E-state index in [0.29, 0.717) is 16.0 Å². The van der Waals surface area contributed by atoms with Crippen molar-refractivity contribution in [3.05, 3.63) is 17.8 Å². The van der Waals surface area contributed by atoms with E-state index >= 15 is 0 Å². The molecule has 2 rings (SSSR count). The fraction of sp³-hybridized carbons (Fsp3) is 0.615. The summed E-state index contributed by atoms with van der Waals surface area (Å²) in [4.78, 5) is 3.78. The Kier molecular flexibility index (Phi) is 8.81. The van der Waals surface area contributed by atoms with Crippen LogP contribution in [0.3, 0.4) is 0 Å². The minimum atomic E-state index is -4.38. The molecule has 0 aliphatic heterocycles. The summed E-state index contributed by atoms with van der Waals surface area (Å²) in [5, 5.41) is 3.76. The quantitative estimate of drug-likeness (QED) is 0.777. The first-order valence-electron chi connectivity index (χ1n) is 6.43. The monoisotopic (exact) mass is 362 g/mol. The summed E-state index contributed by atoms with van der Waals surface area (Å²) in [5.41, 5.74) is -0.145. The molecule has 1 N–H and O–H groups in total. The first-order valence-corrected chi connectivity index (χ1v) is 7.31. The van der Waals surface area contributed by atoms with Crippen molar-refractivity contribution in [2.45, 2.75) is 48.6 Å². The highest BCUT2D eigenvalue weighted by atomic mass is 35.5. The van der Waals surface area contributed by atoms with E-state index in [4.69, 9.17) is 0 Å². The highest BCUT2D eigenvalue weighted by molar-refractivity contribution is 8.00. The van der Waals surface area contributed by atoms with Crippen LogP contribution in [-0.2, 0) is 6.18 Å². The molecule has 1 aliphatic rings. The van der Waals surface area contributed by atoms with Gasteiger partial charge in [-0.2, -0.15) is 13.2 Å². The molecule has 122 valence electrons. The fourth-order valence-corrected chi connectivity index (χ4v) is 3.55. The number of rotatable bonds is 3. The van der Waals surface area contributed by atoms with E-state index in [1.54, 1.807) is 7.05 Å². The molecule has 0 bridgehead atoms. The van der Waals surface area contributed by atoms with Crippen LogP contribution in [0.2, 0.25) is 0 Å². The van der Waals surface area contributed by atoms with Gasteiger partial charge in [-0.15, -0.1) is 36.6 Å². The van der Waals surface area contributed by atoms with Crippen molar-refractivity contribution < 1.29 is 13.2 Å². The molecule has 1 aromatic heterocycles. The van der Waals surface area contributed by atoms with Crippen molar-refractivity contribution in [2.24, 2.45) is 0 Å². The van der Waals surface area contributed by atoms with Gasteiger partial charge in [0.25, 0.3) is 0 Å². The number of nitrogens with one attached hydrogen (secondary N) is 1. The van der Waals surface area contributed by atoms with Crippen LogP contribution >= 0.6 is 36.6 Å². The molecule has 1 aromatic rings. The maximum absolute atomic E-state index is 12.7. The van der Waals surface area contributed by atoms with Crippen LogP contribution in [0.5, 0.6) is 0 Å². The lowest BCUT2D eigenvalue weighted by atomic mass is 10.0. The number of aromatic nitrogens is 1. The lowest BCUT2D eigenvalue weighted by Crippen LogP contribution is -2.12. The molecule has 21 heavy (non-hydrogen) atoms. The summed E-state index contributed by atoms with van der Waals surface area (Å²) < 4.78 is 38.1. The highest BCUT2D eigenvalue weighted by Crippen LogP contribution is 2.38. The van der Waals surface area contributed by atoms with Gasteiger partial charge in [-0.25, -0.2) is 4.98 Å². The molecule has 0 unspecified atom stereocenters. The average molecular weight is 363 g/mol. The second kappa shape index (κ2) is 8.96. The molecular formula is C13H19Cl2F3N2S. The van der Waals surface area contributed by atoms with E-state index in [1.807, 2.05) is 0 Å². The number of pyridine rings is 1. The van der Waals surface area contributed by atoms with Crippen LogP contribution in [0.25, 0.3) is 0 Å². The molecule has 0 spiro atoms. The summed E-state index contributed by atoms with van der Waals surface area (Å²) in [7, 11) is 1.70. The van der Waals surface area contributed by atoms with E-state index in [9.17, 15) is 13.2 Å². The van der Waals surface area contributed by atoms with Gasteiger partial charge in [0.2, 0.25) is 0 Å². The molecule has 1 heterocycles. The topological polar surface area (TPSA) is 24.9 Å². The van der Waals surface area contributed by atoms with Crippen molar-refractivity contribution in [2.75, 3.05) is 12.4 Å². The Balaban J connectivity index is 0.00000200. The Morgan fingerprint density at radius 3 is 2.29 bits per heavy atom. The Morgan fingerprint density at radius 2 is 1.76 bits per heavy atom. The summed E-state index contributed by atoms with van der Waals surface area (Å²) in [6.07, 6.45) is 1.29. The molecule has 0 amide bonds. The van der Waals surface area contributed by atoms with Crippen LogP contribution in [0.4, 0.5) is 18.9 Å². The largest absolute Gasteiger partial charge is 0.433 e.